The fourth-order valence-electron chi connectivity index (χ4n) is 0.977. The number of hydrogen-bond donors (Lipinski definition) is 1. The highest BCUT2D eigenvalue weighted by atomic mass is 15.0. The Morgan fingerprint density at radius 3 is 2.79 bits per heavy atom. The van der Waals surface area contributed by atoms with Gasteiger partial charge < -0.3 is 5.32 Å². The van der Waals surface area contributed by atoms with Crippen molar-refractivity contribution >= 4 is 5.82 Å². The van der Waals surface area contributed by atoms with Gasteiger partial charge in [-0.2, -0.15) is 0 Å². The van der Waals surface area contributed by atoms with Gasteiger partial charge in [-0.05, 0) is 27.2 Å². The van der Waals surface area contributed by atoms with Gasteiger partial charge >= 0.3 is 0 Å². The summed E-state index contributed by atoms with van der Waals surface area (Å²) in [4.78, 5) is 8.29. The van der Waals surface area contributed by atoms with Crippen LogP contribution in [0, 0.1) is 13.8 Å². The van der Waals surface area contributed by atoms with Gasteiger partial charge in [0.1, 0.15) is 12.1 Å². The molecular formula is C11H17N3. The minimum atomic E-state index is 0.894. The van der Waals surface area contributed by atoms with Gasteiger partial charge in [-0.25, -0.2) is 9.97 Å². The second kappa shape index (κ2) is 4.74. The second-order valence-corrected chi connectivity index (χ2v) is 3.42. The predicted octanol–water partition coefficient (Wildman–Crippen LogP) is 2.82. The summed E-state index contributed by atoms with van der Waals surface area (Å²) in [5, 5.41) is 3.19. The fourth-order valence-corrected chi connectivity index (χ4v) is 0.977. The number of aryl methyl sites for hydroxylation is 1. The van der Waals surface area contributed by atoms with E-state index < -0.39 is 0 Å². The summed E-state index contributed by atoms with van der Waals surface area (Å²) in [6.45, 7) is 8.23. The Morgan fingerprint density at radius 2 is 2.14 bits per heavy atom. The third-order valence-electron chi connectivity index (χ3n) is 2.35. The Bertz CT molecular complexity index is 342. The molecule has 3 heteroatoms. The first kappa shape index (κ1) is 10.7. The van der Waals surface area contributed by atoms with Crippen molar-refractivity contribution in [2.75, 3.05) is 5.32 Å². The lowest BCUT2D eigenvalue weighted by Gasteiger charge is -2.06. The van der Waals surface area contributed by atoms with Gasteiger partial charge in [0.25, 0.3) is 0 Å². The van der Waals surface area contributed by atoms with Crippen LogP contribution in [-0.4, -0.2) is 9.97 Å². The van der Waals surface area contributed by atoms with Crippen molar-refractivity contribution in [1.82, 2.24) is 9.97 Å². The third-order valence-corrected chi connectivity index (χ3v) is 2.35. The molecule has 0 aliphatic carbocycles. The molecule has 0 aliphatic rings. The average Bonchev–Trinajstić information content (AvgIpc) is 2.20. The number of anilines is 1. The smallest absolute Gasteiger partial charge is 0.136 e. The van der Waals surface area contributed by atoms with E-state index in [4.69, 9.17) is 0 Å². The van der Waals surface area contributed by atoms with Gasteiger partial charge in [-0.15, -0.1) is 0 Å². The Balaban J connectivity index is 2.82. The number of hydrogen-bond acceptors (Lipinski definition) is 3. The molecule has 0 spiro atoms. The SMILES string of the molecule is CC/C(C)=C/Nc1ncnc(C)c1C. The molecule has 0 unspecified atom stereocenters. The molecule has 1 N–H and O–H groups in total. The number of rotatable bonds is 3. The lowest BCUT2D eigenvalue weighted by atomic mass is 10.2. The van der Waals surface area contributed by atoms with E-state index in [2.05, 4.69) is 29.1 Å². The molecule has 0 atom stereocenters. The zero-order valence-corrected chi connectivity index (χ0v) is 9.26. The van der Waals surface area contributed by atoms with Crippen molar-refractivity contribution in [3.05, 3.63) is 29.4 Å². The van der Waals surface area contributed by atoms with Crippen molar-refractivity contribution in [2.45, 2.75) is 34.1 Å². The predicted molar refractivity (Wildman–Crippen MR) is 59.2 cm³/mol. The minimum absolute atomic E-state index is 0.894. The summed E-state index contributed by atoms with van der Waals surface area (Å²) in [5.74, 6) is 0.894. The maximum Gasteiger partial charge on any atom is 0.136 e. The standard InChI is InChI=1S/C11H17N3/c1-5-8(2)6-12-11-9(3)10(4)13-7-14-11/h6-7H,5H2,1-4H3,(H,12,13,14)/b8-6+. The van der Waals surface area contributed by atoms with Gasteiger partial charge in [-0.1, -0.05) is 12.5 Å². The van der Waals surface area contributed by atoms with Crippen LogP contribution in [0.15, 0.2) is 18.1 Å². The minimum Gasteiger partial charge on any atom is -0.346 e. The van der Waals surface area contributed by atoms with Crippen LogP contribution < -0.4 is 5.32 Å². The van der Waals surface area contributed by atoms with Gasteiger partial charge in [0.15, 0.2) is 0 Å². The maximum atomic E-state index is 4.18. The van der Waals surface area contributed by atoms with Crippen molar-refractivity contribution in [1.29, 1.82) is 0 Å². The average molecular weight is 191 g/mol. The van der Waals surface area contributed by atoms with Crippen LogP contribution in [0.25, 0.3) is 0 Å². The van der Waals surface area contributed by atoms with E-state index in [1.807, 2.05) is 20.0 Å². The Hall–Kier alpha value is -1.38. The van der Waals surface area contributed by atoms with Crippen LogP contribution >= 0.6 is 0 Å². The largest absolute Gasteiger partial charge is 0.346 e. The molecule has 1 aromatic heterocycles. The Labute approximate surface area is 85.3 Å². The Morgan fingerprint density at radius 1 is 1.43 bits per heavy atom. The zero-order valence-electron chi connectivity index (χ0n) is 9.26. The molecule has 0 saturated carbocycles. The van der Waals surface area contributed by atoms with Crippen LogP contribution in [0.2, 0.25) is 0 Å². The first-order valence-corrected chi connectivity index (χ1v) is 4.85. The van der Waals surface area contributed by atoms with E-state index in [1.54, 1.807) is 6.33 Å². The molecule has 0 bridgehead atoms. The molecule has 0 aromatic carbocycles. The Kier molecular flexibility index (Phi) is 3.63. The first-order chi connectivity index (χ1) is 6.65. The monoisotopic (exact) mass is 191 g/mol. The molecule has 1 aromatic rings. The van der Waals surface area contributed by atoms with E-state index in [0.29, 0.717) is 0 Å². The van der Waals surface area contributed by atoms with E-state index in [0.717, 1.165) is 23.5 Å². The molecule has 3 nitrogen and oxygen atoms in total. The molecule has 0 aliphatic heterocycles. The van der Waals surface area contributed by atoms with Gasteiger partial charge in [-0.3, -0.25) is 0 Å². The topological polar surface area (TPSA) is 37.8 Å². The zero-order chi connectivity index (χ0) is 10.6. The van der Waals surface area contributed by atoms with Gasteiger partial charge in [0.2, 0.25) is 0 Å². The van der Waals surface area contributed by atoms with Crippen LogP contribution in [0.4, 0.5) is 5.82 Å². The lowest BCUT2D eigenvalue weighted by molar-refractivity contribution is 1.05. The molecule has 14 heavy (non-hydrogen) atoms. The summed E-state index contributed by atoms with van der Waals surface area (Å²) in [6.07, 6.45) is 4.63. The molecule has 76 valence electrons. The summed E-state index contributed by atoms with van der Waals surface area (Å²) >= 11 is 0. The van der Waals surface area contributed by atoms with Crippen molar-refractivity contribution < 1.29 is 0 Å². The number of nitrogens with zero attached hydrogens (tertiary/aromatic N) is 2. The molecular weight excluding hydrogens is 174 g/mol. The molecule has 0 radical (unpaired) electrons. The quantitative estimate of drug-likeness (QED) is 0.798. The maximum absolute atomic E-state index is 4.18. The second-order valence-electron chi connectivity index (χ2n) is 3.42. The normalized spacial score (nSPS) is 11.6. The van der Waals surface area contributed by atoms with Crippen LogP contribution in [-0.2, 0) is 0 Å². The lowest BCUT2D eigenvalue weighted by Crippen LogP contribution is -1.99. The number of aromatic nitrogens is 2. The van der Waals surface area contributed by atoms with E-state index >= 15 is 0 Å². The van der Waals surface area contributed by atoms with Crippen LogP contribution in [0.3, 0.4) is 0 Å². The van der Waals surface area contributed by atoms with Crippen molar-refractivity contribution in [3.8, 4) is 0 Å². The first-order valence-electron chi connectivity index (χ1n) is 4.85. The van der Waals surface area contributed by atoms with Crippen LogP contribution in [0.1, 0.15) is 31.5 Å². The summed E-state index contributed by atoms with van der Waals surface area (Å²) < 4.78 is 0. The number of allylic oxidation sites excluding steroid dienone is 1. The van der Waals surface area contributed by atoms with Crippen LogP contribution in [0.5, 0.6) is 0 Å². The summed E-state index contributed by atoms with van der Waals surface area (Å²) in [5.41, 5.74) is 3.43. The highest BCUT2D eigenvalue weighted by Gasteiger charge is 2.00. The molecule has 0 fully saturated rings. The molecule has 1 heterocycles. The van der Waals surface area contributed by atoms with Gasteiger partial charge in [0.05, 0.1) is 0 Å². The van der Waals surface area contributed by atoms with E-state index in [9.17, 15) is 0 Å². The highest BCUT2D eigenvalue weighted by molar-refractivity contribution is 5.46. The molecule has 0 saturated heterocycles. The number of nitrogens with one attached hydrogen (secondary N) is 1. The van der Waals surface area contributed by atoms with E-state index in [-0.39, 0.29) is 0 Å². The summed E-state index contributed by atoms with van der Waals surface area (Å²) in [7, 11) is 0. The molecule has 1 rings (SSSR count). The van der Waals surface area contributed by atoms with Crippen molar-refractivity contribution in [3.63, 3.8) is 0 Å². The van der Waals surface area contributed by atoms with Crippen molar-refractivity contribution in [2.24, 2.45) is 0 Å². The molecule has 0 amide bonds. The fraction of sp³-hybridized carbons (Fsp3) is 0.455. The highest BCUT2D eigenvalue weighted by Crippen LogP contribution is 2.13. The van der Waals surface area contributed by atoms with E-state index in [1.165, 1.54) is 5.57 Å². The summed E-state index contributed by atoms with van der Waals surface area (Å²) in [6, 6.07) is 0. The van der Waals surface area contributed by atoms with Gasteiger partial charge in [0, 0.05) is 17.5 Å². The third kappa shape index (κ3) is 2.55.